The maximum Gasteiger partial charge on any atom is 2.00 e. The predicted octanol–water partition coefficient (Wildman–Crippen LogP) is 3.90. The van der Waals surface area contributed by atoms with Gasteiger partial charge in [0.15, 0.2) is 5.78 Å². The van der Waals surface area contributed by atoms with E-state index in [1.165, 1.54) is 0 Å². The molecule has 0 aromatic carbocycles. The predicted molar refractivity (Wildman–Crippen MR) is 75.8 cm³/mol. The fraction of sp³-hybridized carbons (Fsp3) is 0.438. The van der Waals surface area contributed by atoms with Crippen LogP contribution in [0.2, 0.25) is 0 Å². The van der Waals surface area contributed by atoms with Crippen molar-refractivity contribution in [2.75, 3.05) is 0 Å². The van der Waals surface area contributed by atoms with Crippen LogP contribution in [0.1, 0.15) is 46.5 Å². The Morgan fingerprint density at radius 2 is 2.00 bits per heavy atom. The molecule has 0 bridgehead atoms. The standard InChI is InChI=1S/C15H19O2.CH3.U/c1-4-11(2)13(10-16)8-9-14-12(3)6-5-7-15(14)17;;/h8-9H,4-7H2,1-3H3;1H3;/q2*-1;+2/b9-8-,13-11?;;. The summed E-state index contributed by atoms with van der Waals surface area (Å²) < 4.78 is 0. The Balaban J connectivity index is 0. The maximum absolute atomic E-state index is 11.7. The molecule has 0 saturated heterocycles. The largest absolute Gasteiger partial charge is 2.00 e. The molecule has 0 aliphatic heterocycles. The van der Waals surface area contributed by atoms with Crippen molar-refractivity contribution < 1.29 is 40.7 Å². The van der Waals surface area contributed by atoms with Crippen LogP contribution in [0, 0.1) is 38.5 Å². The molecule has 2 nitrogen and oxygen atoms in total. The zero-order valence-corrected chi connectivity index (χ0v) is 16.5. The average Bonchev–Trinajstić information content (AvgIpc) is 2.32. The SMILES string of the molecule is CCC(C)=C([C-]=O)/C=C\C1=C(C)CCCC1=O.[CH3-].[U+2]. The van der Waals surface area contributed by atoms with Crippen LogP contribution in [0.3, 0.4) is 0 Å². The van der Waals surface area contributed by atoms with Crippen LogP contribution in [-0.2, 0) is 9.59 Å². The third-order valence-electron chi connectivity index (χ3n) is 3.23. The summed E-state index contributed by atoms with van der Waals surface area (Å²) in [6, 6.07) is 0. The molecule has 0 saturated carbocycles. The first-order chi connectivity index (χ1) is 8.10. The van der Waals surface area contributed by atoms with Gasteiger partial charge in [0, 0.05) is 12.0 Å². The zero-order chi connectivity index (χ0) is 12.8. The molecule has 102 valence electrons. The summed E-state index contributed by atoms with van der Waals surface area (Å²) in [4.78, 5) is 22.5. The van der Waals surface area contributed by atoms with Crippen LogP contribution in [0.25, 0.3) is 0 Å². The summed E-state index contributed by atoms with van der Waals surface area (Å²) in [5, 5.41) is 0. The number of allylic oxidation sites excluding steroid dienone is 6. The van der Waals surface area contributed by atoms with Crippen LogP contribution in [0.5, 0.6) is 0 Å². The van der Waals surface area contributed by atoms with E-state index >= 15 is 0 Å². The van der Waals surface area contributed by atoms with E-state index < -0.39 is 0 Å². The number of ketones is 1. The normalized spacial score (nSPS) is 16.7. The van der Waals surface area contributed by atoms with E-state index in [4.69, 9.17) is 0 Å². The molecule has 0 aromatic heterocycles. The maximum atomic E-state index is 11.7. The molecule has 0 amide bonds. The Bertz CT molecular complexity index is 414. The molecule has 3 heteroatoms. The number of rotatable bonds is 4. The summed E-state index contributed by atoms with van der Waals surface area (Å²) in [5.74, 6) is 0.185. The molecule has 0 heterocycles. The minimum absolute atomic E-state index is 0. The molecule has 1 aliphatic rings. The van der Waals surface area contributed by atoms with Crippen molar-refractivity contribution in [3.8, 4) is 0 Å². The second-order valence-electron chi connectivity index (χ2n) is 4.45. The molecule has 0 N–H and O–H groups in total. The monoisotopic (exact) mass is 484 g/mol. The van der Waals surface area contributed by atoms with Gasteiger partial charge in [-0.05, 0) is 19.8 Å². The van der Waals surface area contributed by atoms with Crippen molar-refractivity contribution in [2.24, 2.45) is 0 Å². The molecule has 19 heavy (non-hydrogen) atoms. The van der Waals surface area contributed by atoms with E-state index in [2.05, 4.69) is 0 Å². The van der Waals surface area contributed by atoms with Crippen LogP contribution in [-0.4, -0.2) is 12.1 Å². The molecule has 1 aliphatic carbocycles. The summed E-state index contributed by atoms with van der Waals surface area (Å²) in [6.45, 7) is 5.89. The summed E-state index contributed by atoms with van der Waals surface area (Å²) in [7, 11) is 0. The van der Waals surface area contributed by atoms with E-state index in [0.717, 1.165) is 36.0 Å². The molecule has 1 rings (SSSR count). The molecule has 0 spiro atoms. The molecule has 0 fully saturated rings. The van der Waals surface area contributed by atoms with E-state index in [9.17, 15) is 9.59 Å². The van der Waals surface area contributed by atoms with Gasteiger partial charge < -0.3 is 12.2 Å². The van der Waals surface area contributed by atoms with E-state index in [1.807, 2.05) is 27.1 Å². The van der Waals surface area contributed by atoms with Crippen LogP contribution in [0.15, 0.2) is 34.4 Å². The number of carbonyl (C=O) groups excluding carboxylic acids is 2. The first-order valence-corrected chi connectivity index (χ1v) is 6.09. The second kappa shape index (κ2) is 10.4. The van der Waals surface area contributed by atoms with Crippen molar-refractivity contribution >= 4 is 12.1 Å². The van der Waals surface area contributed by atoms with Crippen LogP contribution >= 0.6 is 0 Å². The molecule has 0 aromatic rings. The van der Waals surface area contributed by atoms with Crippen molar-refractivity contribution in [2.45, 2.75) is 46.5 Å². The molecular weight excluding hydrogens is 462 g/mol. The topological polar surface area (TPSA) is 34.1 Å². The zero-order valence-electron chi connectivity index (χ0n) is 12.3. The van der Waals surface area contributed by atoms with E-state index in [0.29, 0.717) is 12.0 Å². The van der Waals surface area contributed by atoms with Crippen molar-refractivity contribution in [3.63, 3.8) is 0 Å². The average molecular weight is 484 g/mol. The van der Waals surface area contributed by atoms with Crippen LogP contribution in [0.4, 0.5) is 0 Å². The number of hydrogen-bond donors (Lipinski definition) is 0. The van der Waals surface area contributed by atoms with Gasteiger partial charge in [0.25, 0.3) is 0 Å². The number of carbonyl (C=O) groups is 1. The van der Waals surface area contributed by atoms with Gasteiger partial charge in [-0.2, -0.15) is 17.2 Å². The van der Waals surface area contributed by atoms with Crippen molar-refractivity contribution in [1.82, 2.24) is 0 Å². The van der Waals surface area contributed by atoms with E-state index in [-0.39, 0.29) is 44.3 Å². The minimum atomic E-state index is 0. The van der Waals surface area contributed by atoms with Gasteiger partial charge in [-0.15, -0.1) is 6.08 Å². The first kappa shape index (κ1) is 20.9. The summed E-state index contributed by atoms with van der Waals surface area (Å²) in [6.07, 6.45) is 8.78. The summed E-state index contributed by atoms with van der Waals surface area (Å²) in [5.41, 5.74) is 3.45. The number of hydrogen-bond acceptors (Lipinski definition) is 2. The third-order valence-corrected chi connectivity index (χ3v) is 3.23. The van der Waals surface area contributed by atoms with E-state index in [1.54, 1.807) is 12.2 Å². The van der Waals surface area contributed by atoms with Gasteiger partial charge in [-0.25, -0.2) is 0 Å². The van der Waals surface area contributed by atoms with Gasteiger partial charge >= 0.3 is 31.1 Å². The minimum Gasteiger partial charge on any atom is -0.376 e. The van der Waals surface area contributed by atoms with Gasteiger partial charge in [-0.1, -0.05) is 25.8 Å². The van der Waals surface area contributed by atoms with Gasteiger partial charge in [-0.3, -0.25) is 4.79 Å². The van der Waals surface area contributed by atoms with Gasteiger partial charge in [0.05, 0.1) is 6.29 Å². The Morgan fingerprint density at radius 1 is 1.37 bits per heavy atom. The Kier molecular flexibility index (Phi) is 11.5. The van der Waals surface area contributed by atoms with Crippen LogP contribution < -0.4 is 0 Å². The smallest absolute Gasteiger partial charge is 0.376 e. The quantitative estimate of drug-likeness (QED) is 0.345. The fourth-order valence-corrected chi connectivity index (χ4v) is 1.88. The van der Waals surface area contributed by atoms with Crippen molar-refractivity contribution in [1.29, 1.82) is 0 Å². The summed E-state index contributed by atoms with van der Waals surface area (Å²) >= 11 is 0. The fourth-order valence-electron chi connectivity index (χ4n) is 1.88. The molecule has 0 atom stereocenters. The Labute approximate surface area is 140 Å². The number of Topliss-reactive ketones (excluding diaryl/α,β-unsaturated/α-hetero) is 1. The molecular formula is C16H22O2U. The second-order valence-corrected chi connectivity index (χ2v) is 4.45. The first-order valence-electron chi connectivity index (χ1n) is 6.09. The molecule has 0 radical (unpaired) electrons. The third kappa shape index (κ3) is 6.06. The van der Waals surface area contributed by atoms with Crippen molar-refractivity contribution in [3.05, 3.63) is 41.9 Å². The Hall–Kier alpha value is -0.388. The Morgan fingerprint density at radius 3 is 2.47 bits per heavy atom. The van der Waals surface area contributed by atoms with Gasteiger partial charge in [0.1, 0.15) is 0 Å². The van der Waals surface area contributed by atoms with Gasteiger partial charge in [0.2, 0.25) is 0 Å². The molecule has 0 unspecified atom stereocenters.